The summed E-state index contributed by atoms with van der Waals surface area (Å²) in [7, 11) is 0. The first-order chi connectivity index (χ1) is 11.7. The number of nitrogens with zero attached hydrogens (tertiary/aromatic N) is 3. The predicted molar refractivity (Wildman–Crippen MR) is 89.3 cm³/mol. The van der Waals surface area contributed by atoms with Crippen molar-refractivity contribution in [1.29, 1.82) is 0 Å². The van der Waals surface area contributed by atoms with Gasteiger partial charge in [0.15, 0.2) is 5.69 Å². The highest BCUT2D eigenvalue weighted by Crippen LogP contribution is 2.36. The number of aromatic nitrogens is 2. The number of alkyl halides is 3. The van der Waals surface area contributed by atoms with Crippen molar-refractivity contribution in [3.63, 3.8) is 0 Å². The van der Waals surface area contributed by atoms with E-state index < -0.39 is 17.9 Å². The minimum atomic E-state index is -4.57. The van der Waals surface area contributed by atoms with Crippen molar-refractivity contribution >= 4 is 21.8 Å². The molecule has 1 N–H and O–H groups in total. The lowest BCUT2D eigenvalue weighted by molar-refractivity contribution is -0.142. The smallest absolute Gasteiger partial charge is 0.379 e. The molecule has 1 fully saturated rings. The van der Waals surface area contributed by atoms with Crippen LogP contribution < -0.4 is 5.32 Å². The lowest BCUT2D eigenvalue weighted by Gasteiger charge is -2.26. The first-order valence-corrected chi connectivity index (χ1v) is 8.90. The second-order valence-electron chi connectivity index (χ2n) is 5.96. The molecular formula is C15H22BrF3N4O2. The monoisotopic (exact) mass is 426 g/mol. The quantitative estimate of drug-likeness (QED) is 0.709. The van der Waals surface area contributed by atoms with E-state index in [0.717, 1.165) is 44.0 Å². The van der Waals surface area contributed by atoms with Crippen LogP contribution in [0.25, 0.3) is 0 Å². The third-order valence-corrected chi connectivity index (χ3v) is 5.10. The maximum Gasteiger partial charge on any atom is 0.436 e. The van der Waals surface area contributed by atoms with Gasteiger partial charge in [-0.2, -0.15) is 18.3 Å². The van der Waals surface area contributed by atoms with E-state index in [1.54, 1.807) is 0 Å². The fourth-order valence-electron chi connectivity index (χ4n) is 2.65. The van der Waals surface area contributed by atoms with Gasteiger partial charge in [0.25, 0.3) is 0 Å². The van der Waals surface area contributed by atoms with E-state index in [2.05, 4.69) is 31.2 Å². The van der Waals surface area contributed by atoms with Crippen molar-refractivity contribution in [2.75, 3.05) is 39.4 Å². The molecule has 2 heterocycles. The zero-order chi connectivity index (χ0) is 18.6. The molecule has 1 atom stereocenters. The summed E-state index contributed by atoms with van der Waals surface area (Å²) in [4.78, 5) is 14.5. The molecule has 1 aliphatic rings. The van der Waals surface area contributed by atoms with Crippen LogP contribution in [0.4, 0.5) is 13.2 Å². The molecule has 10 heteroatoms. The Morgan fingerprint density at radius 2 is 2.04 bits per heavy atom. The second kappa shape index (κ2) is 8.50. The van der Waals surface area contributed by atoms with Gasteiger partial charge in [-0.1, -0.05) is 0 Å². The summed E-state index contributed by atoms with van der Waals surface area (Å²) in [5.74, 6) is -0.353. The van der Waals surface area contributed by atoms with Crippen LogP contribution in [0.1, 0.15) is 30.8 Å². The summed E-state index contributed by atoms with van der Waals surface area (Å²) in [5.41, 5.74) is -0.750. The van der Waals surface area contributed by atoms with Gasteiger partial charge in [0.05, 0.1) is 23.4 Å². The average Bonchev–Trinajstić information content (AvgIpc) is 2.87. The molecule has 0 radical (unpaired) electrons. The third-order valence-electron chi connectivity index (χ3n) is 4.15. The summed E-state index contributed by atoms with van der Waals surface area (Å²) in [6.45, 7) is 7.54. The standard InChI is InChI=1S/C15H22BrF3N4O2/c1-10-12(16)13(15(17,18)19)21-23(10)11(2)14(24)20-4-3-5-22-6-8-25-9-7-22/h11H,3-9H2,1-2H3,(H,20,24)/t11-/m1/s1. The number of ether oxygens (including phenoxy) is 1. The van der Waals surface area contributed by atoms with E-state index in [-0.39, 0.29) is 16.1 Å². The molecule has 0 spiro atoms. The van der Waals surface area contributed by atoms with Crippen LogP contribution in [-0.2, 0) is 15.7 Å². The van der Waals surface area contributed by atoms with Gasteiger partial charge < -0.3 is 10.1 Å². The summed E-state index contributed by atoms with van der Waals surface area (Å²) in [6.07, 6.45) is -3.79. The van der Waals surface area contributed by atoms with Gasteiger partial charge in [-0.3, -0.25) is 14.4 Å². The van der Waals surface area contributed by atoms with E-state index in [0.29, 0.717) is 6.54 Å². The first kappa shape index (κ1) is 20.2. The van der Waals surface area contributed by atoms with Crippen LogP contribution in [0, 0.1) is 6.92 Å². The van der Waals surface area contributed by atoms with Gasteiger partial charge in [-0.15, -0.1) is 0 Å². The van der Waals surface area contributed by atoms with Crippen molar-refractivity contribution in [3.8, 4) is 0 Å². The first-order valence-electron chi connectivity index (χ1n) is 8.11. The Labute approximate surface area is 152 Å². The minimum Gasteiger partial charge on any atom is -0.379 e. The molecule has 0 saturated carbocycles. The molecule has 0 aliphatic carbocycles. The van der Waals surface area contributed by atoms with Crippen molar-refractivity contribution in [2.24, 2.45) is 0 Å². The number of hydrogen-bond acceptors (Lipinski definition) is 4. The molecule has 1 aliphatic heterocycles. The van der Waals surface area contributed by atoms with Gasteiger partial charge in [0, 0.05) is 19.6 Å². The number of morpholine rings is 1. The molecule has 0 bridgehead atoms. The number of nitrogens with one attached hydrogen (secondary N) is 1. The van der Waals surface area contributed by atoms with E-state index >= 15 is 0 Å². The molecule has 2 rings (SSSR count). The summed E-state index contributed by atoms with van der Waals surface area (Å²) < 4.78 is 45.0. The van der Waals surface area contributed by atoms with E-state index in [1.165, 1.54) is 13.8 Å². The van der Waals surface area contributed by atoms with Crippen molar-refractivity contribution in [3.05, 3.63) is 15.9 Å². The second-order valence-corrected chi connectivity index (χ2v) is 6.76. The largest absolute Gasteiger partial charge is 0.436 e. The highest BCUT2D eigenvalue weighted by molar-refractivity contribution is 9.10. The topological polar surface area (TPSA) is 59.4 Å². The Morgan fingerprint density at radius 3 is 2.60 bits per heavy atom. The van der Waals surface area contributed by atoms with E-state index in [4.69, 9.17) is 4.74 Å². The van der Waals surface area contributed by atoms with Gasteiger partial charge in [0.1, 0.15) is 6.04 Å². The van der Waals surface area contributed by atoms with Crippen LogP contribution in [0.2, 0.25) is 0 Å². The Hall–Kier alpha value is -1.13. The maximum atomic E-state index is 12.9. The number of halogens is 4. The minimum absolute atomic E-state index is 0.132. The van der Waals surface area contributed by atoms with Crippen LogP contribution in [0.5, 0.6) is 0 Å². The summed E-state index contributed by atoms with van der Waals surface area (Å²) in [5, 5.41) is 6.33. The van der Waals surface area contributed by atoms with Crippen molar-refractivity contribution in [2.45, 2.75) is 32.5 Å². The normalized spacial score (nSPS) is 17.5. The highest BCUT2D eigenvalue weighted by atomic mass is 79.9. The number of carbonyl (C=O) groups is 1. The van der Waals surface area contributed by atoms with Crippen LogP contribution >= 0.6 is 15.9 Å². The maximum absolute atomic E-state index is 12.9. The SMILES string of the molecule is Cc1c(Br)c(C(F)(F)F)nn1[C@H](C)C(=O)NCCCN1CCOCC1. The van der Waals surface area contributed by atoms with Crippen LogP contribution in [-0.4, -0.2) is 60.0 Å². The lowest BCUT2D eigenvalue weighted by Crippen LogP contribution is -2.39. The van der Waals surface area contributed by atoms with E-state index in [9.17, 15) is 18.0 Å². The average molecular weight is 427 g/mol. The van der Waals surface area contributed by atoms with Gasteiger partial charge in [-0.05, 0) is 42.7 Å². The Balaban J connectivity index is 1.87. The summed E-state index contributed by atoms with van der Waals surface area (Å²) >= 11 is 2.91. The van der Waals surface area contributed by atoms with Crippen molar-refractivity contribution < 1.29 is 22.7 Å². The number of amides is 1. The molecule has 6 nitrogen and oxygen atoms in total. The summed E-state index contributed by atoms with van der Waals surface area (Å²) in [6, 6.07) is -0.823. The lowest BCUT2D eigenvalue weighted by atomic mass is 10.3. The van der Waals surface area contributed by atoms with Crippen molar-refractivity contribution in [1.82, 2.24) is 20.0 Å². The molecule has 25 heavy (non-hydrogen) atoms. The highest BCUT2D eigenvalue weighted by Gasteiger charge is 2.38. The number of rotatable bonds is 6. The Morgan fingerprint density at radius 1 is 1.40 bits per heavy atom. The zero-order valence-corrected chi connectivity index (χ0v) is 15.8. The number of hydrogen-bond donors (Lipinski definition) is 1. The molecule has 0 unspecified atom stereocenters. The third kappa shape index (κ3) is 5.18. The Kier molecular flexibility index (Phi) is 6.86. The van der Waals surface area contributed by atoms with Gasteiger partial charge in [-0.25, -0.2) is 0 Å². The fraction of sp³-hybridized carbons (Fsp3) is 0.733. The van der Waals surface area contributed by atoms with Gasteiger partial charge in [0.2, 0.25) is 5.91 Å². The molecule has 1 saturated heterocycles. The molecular weight excluding hydrogens is 405 g/mol. The van der Waals surface area contributed by atoms with E-state index in [1.807, 2.05) is 0 Å². The van der Waals surface area contributed by atoms with Crippen LogP contribution in [0.15, 0.2) is 4.47 Å². The predicted octanol–water partition coefficient (Wildman–Crippen LogP) is 2.37. The fourth-order valence-corrected chi connectivity index (χ4v) is 3.14. The molecule has 142 valence electrons. The molecule has 1 aromatic heterocycles. The van der Waals surface area contributed by atoms with Crippen LogP contribution in [0.3, 0.4) is 0 Å². The molecule has 1 aromatic rings. The molecule has 1 amide bonds. The zero-order valence-electron chi connectivity index (χ0n) is 14.2. The molecule has 0 aromatic carbocycles. The Bertz CT molecular complexity index is 600. The van der Waals surface area contributed by atoms with Gasteiger partial charge >= 0.3 is 6.18 Å². The number of carbonyl (C=O) groups excluding carboxylic acids is 1.